The van der Waals surface area contributed by atoms with Crippen LogP contribution in [0.5, 0.6) is 11.5 Å². The molecule has 2 aromatic heterocycles. The number of fused-ring (bicyclic) bond motifs is 5. The van der Waals surface area contributed by atoms with Crippen LogP contribution in [0.2, 0.25) is 0 Å². The largest absolute Gasteiger partial charge is 0.505 e. The Kier molecular flexibility index (Phi) is 13.8. The van der Waals surface area contributed by atoms with Crippen molar-refractivity contribution in [1.82, 2.24) is 29.7 Å². The van der Waals surface area contributed by atoms with E-state index >= 15 is 0 Å². The number of methoxy groups -OCH3 is 1. The third-order valence-electron chi connectivity index (χ3n) is 13.0. The number of nitrogens with zero attached hydrogens (tertiary/aromatic N) is 7. The average Bonchev–Trinajstić information content (AvgIpc) is 3.72. The van der Waals surface area contributed by atoms with Gasteiger partial charge in [0.05, 0.1) is 23.9 Å². The van der Waals surface area contributed by atoms with E-state index in [1.807, 2.05) is 60.7 Å². The van der Waals surface area contributed by atoms with Crippen LogP contribution < -0.4 is 26.0 Å². The van der Waals surface area contributed by atoms with Crippen molar-refractivity contribution in [1.29, 1.82) is 0 Å². The zero-order valence-corrected chi connectivity index (χ0v) is 38.1. The molecule has 2 saturated heterocycles. The molecule has 15 nitrogen and oxygen atoms in total. The van der Waals surface area contributed by atoms with Crippen molar-refractivity contribution in [2.75, 3.05) is 67.6 Å². The van der Waals surface area contributed by atoms with Crippen molar-refractivity contribution in [3.8, 4) is 11.5 Å². The number of para-hydroxylation sites is 1. The SMILES string of the molecule is COc1ccc(NC(=O)c2cc3ccc4c5ccccc5[nH]c4c3c(N=Nc3ccc(Nc4nc(NCCCN5CCCCC5C)nc(NCCCN5CCCCC5C)n4)cc3)c2O)cc1. The molecule has 0 radical (unpaired) electrons. The fourth-order valence-electron chi connectivity index (χ4n) is 9.31. The van der Waals surface area contributed by atoms with Gasteiger partial charge in [-0.1, -0.05) is 43.2 Å². The molecule has 1 amide bonds. The number of anilines is 5. The summed E-state index contributed by atoms with van der Waals surface area (Å²) in [5.74, 6) is 1.35. The number of piperidine rings is 2. The monoisotopic (exact) mass is 888 g/mol. The van der Waals surface area contributed by atoms with Crippen molar-refractivity contribution >= 4 is 79.1 Å². The third-order valence-corrected chi connectivity index (χ3v) is 13.0. The first-order valence-electron chi connectivity index (χ1n) is 23.4. The number of H-pyrrole nitrogens is 1. The predicted octanol–water partition coefficient (Wildman–Crippen LogP) is 11.1. The Morgan fingerprint density at radius 2 is 1.39 bits per heavy atom. The molecule has 0 bridgehead atoms. The Balaban J connectivity index is 0.947. The Labute approximate surface area is 385 Å². The number of aromatic hydroxyl groups is 1. The second-order valence-electron chi connectivity index (χ2n) is 17.6. The maximum Gasteiger partial charge on any atom is 0.259 e. The van der Waals surface area contributed by atoms with Crippen molar-refractivity contribution < 1.29 is 14.6 Å². The van der Waals surface area contributed by atoms with Crippen LogP contribution in [-0.4, -0.2) is 99.2 Å². The summed E-state index contributed by atoms with van der Waals surface area (Å²) in [6.45, 7) is 10.6. The minimum Gasteiger partial charge on any atom is -0.505 e. The lowest BCUT2D eigenvalue weighted by Gasteiger charge is -2.33. The molecular weight excluding hydrogens is 829 g/mol. The highest BCUT2D eigenvalue weighted by Gasteiger charge is 2.23. The van der Waals surface area contributed by atoms with Crippen molar-refractivity contribution in [2.24, 2.45) is 10.2 Å². The normalized spacial score (nSPS) is 17.1. The lowest BCUT2D eigenvalue weighted by Crippen LogP contribution is -2.38. The molecule has 2 fully saturated rings. The van der Waals surface area contributed by atoms with Gasteiger partial charge >= 0.3 is 0 Å². The first-order valence-corrected chi connectivity index (χ1v) is 23.4. The second-order valence-corrected chi connectivity index (χ2v) is 17.6. The summed E-state index contributed by atoms with van der Waals surface area (Å²) in [5.41, 5.74) is 3.81. The van der Waals surface area contributed by atoms with Crippen LogP contribution in [-0.2, 0) is 0 Å². The number of ether oxygens (including phenoxy) is 1. The average molecular weight is 889 g/mol. The van der Waals surface area contributed by atoms with Crippen molar-refractivity contribution in [3.05, 3.63) is 96.6 Å². The van der Waals surface area contributed by atoms with E-state index in [9.17, 15) is 9.90 Å². The maximum atomic E-state index is 13.8. The molecule has 15 heteroatoms. The van der Waals surface area contributed by atoms with E-state index < -0.39 is 5.91 Å². The van der Waals surface area contributed by atoms with Gasteiger partial charge in [0.1, 0.15) is 11.4 Å². The molecule has 7 aromatic rings. The highest BCUT2D eigenvalue weighted by Crippen LogP contribution is 2.44. The van der Waals surface area contributed by atoms with Gasteiger partial charge in [0.15, 0.2) is 5.75 Å². The summed E-state index contributed by atoms with van der Waals surface area (Å²) in [7, 11) is 1.58. The minimum absolute atomic E-state index is 0.0653. The van der Waals surface area contributed by atoms with Crippen LogP contribution in [0.15, 0.2) is 101 Å². The molecule has 66 heavy (non-hydrogen) atoms. The van der Waals surface area contributed by atoms with E-state index in [1.165, 1.54) is 38.5 Å². The third kappa shape index (κ3) is 10.3. The topological polar surface area (TPSA) is 180 Å². The lowest BCUT2D eigenvalue weighted by molar-refractivity contribution is 0.102. The number of nitrogens with one attached hydrogen (secondary N) is 5. The highest BCUT2D eigenvalue weighted by molar-refractivity contribution is 6.22. The fraction of sp³-hybridized carbons (Fsp3) is 0.373. The number of phenols is 1. The van der Waals surface area contributed by atoms with Gasteiger partial charge < -0.3 is 45.9 Å². The van der Waals surface area contributed by atoms with Crippen LogP contribution in [0.3, 0.4) is 0 Å². The summed E-state index contributed by atoms with van der Waals surface area (Å²) < 4.78 is 5.27. The number of hydrogen-bond donors (Lipinski definition) is 6. The van der Waals surface area contributed by atoms with Crippen LogP contribution in [0, 0.1) is 0 Å². The number of phenolic OH excluding ortho intramolecular Hbond substituents is 1. The number of azo groups is 1. The zero-order chi connectivity index (χ0) is 45.4. The highest BCUT2D eigenvalue weighted by atomic mass is 16.5. The standard InChI is InChI=1S/C51H60N12O3/c1-33-12-6-8-28-62(33)30-10-26-52-49-57-50(53-27-11-31-63-29-9-7-13-34(63)2)59-51(58-49)55-37-17-19-38(20-18-37)60-61-46-44-35(16-25-41-40-14-4-5-15-43(40)56-45(41)44)32-42(47(46)64)48(65)54-36-21-23-39(66-3)24-22-36/h4-5,14-25,32-34,56,64H,6-13,26-31H2,1-3H3,(H,54,65)(H3,52,53,55,57,58,59). The summed E-state index contributed by atoms with van der Waals surface area (Å²) in [6, 6.07) is 29.3. The minimum atomic E-state index is -0.489. The Bertz CT molecular complexity index is 2760. The molecule has 5 aromatic carbocycles. The fourth-order valence-corrected chi connectivity index (χ4v) is 9.31. The molecule has 9 rings (SSSR count). The summed E-state index contributed by atoms with van der Waals surface area (Å²) in [5, 5.41) is 37.7. The molecule has 2 aliphatic heterocycles. The first kappa shape index (κ1) is 44.4. The van der Waals surface area contributed by atoms with Crippen LogP contribution in [0.1, 0.15) is 75.6 Å². The number of carbonyl (C=O) groups is 1. The van der Waals surface area contributed by atoms with E-state index in [0.29, 0.717) is 57.8 Å². The quantitative estimate of drug-likeness (QED) is 0.0378. The van der Waals surface area contributed by atoms with Crippen molar-refractivity contribution in [2.45, 2.75) is 77.3 Å². The second kappa shape index (κ2) is 20.6. The molecule has 0 saturated carbocycles. The Hall–Kier alpha value is -6.84. The van der Waals surface area contributed by atoms with Gasteiger partial charge in [0.25, 0.3) is 5.91 Å². The predicted molar refractivity (Wildman–Crippen MR) is 266 cm³/mol. The number of amides is 1. The maximum absolute atomic E-state index is 13.8. The number of benzene rings is 5. The van der Waals surface area contributed by atoms with E-state index in [2.05, 4.69) is 60.1 Å². The number of hydrogen-bond acceptors (Lipinski definition) is 13. The van der Waals surface area contributed by atoms with E-state index in [1.54, 1.807) is 37.4 Å². The molecule has 2 unspecified atom stereocenters. The molecule has 0 aliphatic carbocycles. The molecule has 2 aliphatic rings. The smallest absolute Gasteiger partial charge is 0.259 e. The van der Waals surface area contributed by atoms with Gasteiger partial charge in [-0.15, -0.1) is 5.11 Å². The van der Waals surface area contributed by atoms with E-state index in [4.69, 9.17) is 19.7 Å². The van der Waals surface area contributed by atoms with Gasteiger partial charge in [-0.3, -0.25) is 4.79 Å². The number of aromatic nitrogens is 4. The first-order chi connectivity index (χ1) is 32.3. The summed E-state index contributed by atoms with van der Waals surface area (Å²) in [6.07, 6.45) is 9.69. The van der Waals surface area contributed by atoms with E-state index in [0.717, 1.165) is 79.6 Å². The molecular formula is C51H60N12O3. The Morgan fingerprint density at radius 1 is 0.758 bits per heavy atom. The number of rotatable bonds is 17. The number of carbonyl (C=O) groups excluding carboxylic acids is 1. The molecule has 342 valence electrons. The molecule has 0 spiro atoms. The van der Waals surface area contributed by atoms with Gasteiger partial charge in [-0.25, -0.2) is 0 Å². The molecule has 2 atom stereocenters. The van der Waals surface area contributed by atoms with Crippen LogP contribution in [0.4, 0.5) is 40.6 Å². The van der Waals surface area contributed by atoms with Gasteiger partial charge in [0, 0.05) is 71.3 Å². The van der Waals surface area contributed by atoms with Gasteiger partial charge in [-0.2, -0.15) is 20.1 Å². The number of aromatic amines is 1. The zero-order valence-electron chi connectivity index (χ0n) is 38.1. The van der Waals surface area contributed by atoms with Gasteiger partial charge in [-0.05, 0) is 132 Å². The van der Waals surface area contributed by atoms with E-state index in [-0.39, 0.29) is 17.0 Å². The molecule has 4 heterocycles. The van der Waals surface area contributed by atoms with Crippen molar-refractivity contribution in [3.63, 3.8) is 0 Å². The number of likely N-dealkylation sites (tertiary alicyclic amines) is 2. The lowest BCUT2D eigenvalue weighted by atomic mass is 10.00. The van der Waals surface area contributed by atoms with Crippen LogP contribution in [0.25, 0.3) is 32.6 Å². The van der Waals surface area contributed by atoms with Crippen LogP contribution >= 0.6 is 0 Å². The van der Waals surface area contributed by atoms with Gasteiger partial charge in [0.2, 0.25) is 17.8 Å². The summed E-state index contributed by atoms with van der Waals surface area (Å²) in [4.78, 5) is 36.7. The molecule has 6 N–H and O–H groups in total. The summed E-state index contributed by atoms with van der Waals surface area (Å²) >= 11 is 0. The Morgan fingerprint density at radius 3 is 2.05 bits per heavy atom.